The Balaban J connectivity index is 1.89. The molecule has 5 heteroatoms. The number of hydrogen-bond donors (Lipinski definition) is 2. The fourth-order valence-electron chi connectivity index (χ4n) is 2.60. The Morgan fingerprint density at radius 2 is 2.33 bits per heavy atom. The standard InChI is InChI=1S/C13H22N4O/c1-10(11-4-2-3-5-11)16-13(18)12-8-17(7-6-14)9-15-12/h8-11H,2-7,14H2,1H3,(H,16,18). The van der Waals surface area contributed by atoms with Crippen molar-refractivity contribution in [1.82, 2.24) is 14.9 Å². The number of nitrogens with zero attached hydrogens (tertiary/aromatic N) is 2. The average Bonchev–Trinajstić information content (AvgIpc) is 3.00. The quantitative estimate of drug-likeness (QED) is 0.823. The topological polar surface area (TPSA) is 72.9 Å². The summed E-state index contributed by atoms with van der Waals surface area (Å²) in [5.41, 5.74) is 5.94. The molecule has 100 valence electrons. The number of hydrogen-bond acceptors (Lipinski definition) is 3. The van der Waals surface area contributed by atoms with E-state index in [1.165, 1.54) is 25.7 Å². The maximum atomic E-state index is 12.0. The summed E-state index contributed by atoms with van der Waals surface area (Å²) in [6, 6.07) is 0.236. The summed E-state index contributed by atoms with van der Waals surface area (Å²) in [5, 5.41) is 3.05. The lowest BCUT2D eigenvalue weighted by atomic mass is 10.00. The van der Waals surface area contributed by atoms with E-state index in [9.17, 15) is 4.79 Å². The molecular formula is C13H22N4O. The molecule has 1 unspecified atom stereocenters. The van der Waals surface area contributed by atoms with E-state index < -0.39 is 0 Å². The van der Waals surface area contributed by atoms with E-state index in [0.29, 0.717) is 24.7 Å². The van der Waals surface area contributed by atoms with Gasteiger partial charge in [-0.15, -0.1) is 0 Å². The van der Waals surface area contributed by atoms with Gasteiger partial charge in [-0.3, -0.25) is 4.79 Å². The molecule has 1 aromatic rings. The minimum Gasteiger partial charge on any atom is -0.348 e. The van der Waals surface area contributed by atoms with Gasteiger partial charge in [0.2, 0.25) is 0 Å². The molecule has 0 aromatic carbocycles. The van der Waals surface area contributed by atoms with Crippen molar-refractivity contribution < 1.29 is 4.79 Å². The highest BCUT2D eigenvalue weighted by Crippen LogP contribution is 2.27. The Morgan fingerprint density at radius 3 is 3.00 bits per heavy atom. The van der Waals surface area contributed by atoms with E-state index in [2.05, 4.69) is 17.2 Å². The Morgan fingerprint density at radius 1 is 1.61 bits per heavy atom. The van der Waals surface area contributed by atoms with E-state index in [4.69, 9.17) is 5.73 Å². The van der Waals surface area contributed by atoms with Crippen LogP contribution in [0.4, 0.5) is 0 Å². The van der Waals surface area contributed by atoms with Crippen LogP contribution in [0.1, 0.15) is 43.1 Å². The third-order valence-electron chi connectivity index (χ3n) is 3.72. The molecule has 0 radical (unpaired) electrons. The number of rotatable bonds is 5. The predicted octanol–water partition coefficient (Wildman–Crippen LogP) is 1.15. The molecule has 3 N–H and O–H groups in total. The number of nitrogens with two attached hydrogens (primary N) is 1. The number of nitrogens with one attached hydrogen (secondary N) is 1. The molecular weight excluding hydrogens is 228 g/mol. The largest absolute Gasteiger partial charge is 0.348 e. The molecule has 2 rings (SSSR count). The Labute approximate surface area is 108 Å². The van der Waals surface area contributed by atoms with Crippen LogP contribution >= 0.6 is 0 Å². The van der Waals surface area contributed by atoms with E-state index in [1.807, 2.05) is 4.57 Å². The zero-order valence-corrected chi connectivity index (χ0v) is 10.9. The smallest absolute Gasteiger partial charge is 0.271 e. The lowest BCUT2D eigenvalue weighted by Gasteiger charge is -2.19. The summed E-state index contributed by atoms with van der Waals surface area (Å²) in [7, 11) is 0. The SMILES string of the molecule is CC(NC(=O)c1cn(CCN)cn1)C1CCCC1. The molecule has 0 aliphatic heterocycles. The first-order valence-electron chi connectivity index (χ1n) is 6.73. The molecule has 5 nitrogen and oxygen atoms in total. The van der Waals surface area contributed by atoms with E-state index >= 15 is 0 Å². The summed E-state index contributed by atoms with van der Waals surface area (Å²) in [5.74, 6) is 0.547. The summed E-state index contributed by atoms with van der Waals surface area (Å²) in [6.45, 7) is 3.33. The Bertz CT molecular complexity index is 395. The van der Waals surface area contributed by atoms with E-state index in [-0.39, 0.29) is 11.9 Å². The number of amides is 1. The molecule has 1 fully saturated rings. The van der Waals surface area contributed by atoms with Crippen molar-refractivity contribution in [3.63, 3.8) is 0 Å². The monoisotopic (exact) mass is 250 g/mol. The Kier molecular flexibility index (Phi) is 4.36. The molecule has 0 spiro atoms. The van der Waals surface area contributed by atoms with E-state index in [1.54, 1.807) is 12.5 Å². The van der Waals surface area contributed by atoms with Crippen LogP contribution in [-0.2, 0) is 6.54 Å². The van der Waals surface area contributed by atoms with Crippen LogP contribution in [0.2, 0.25) is 0 Å². The van der Waals surface area contributed by atoms with Crippen LogP contribution in [0, 0.1) is 5.92 Å². The number of carbonyl (C=O) groups excluding carboxylic acids is 1. The first kappa shape index (κ1) is 13.1. The van der Waals surface area contributed by atoms with Crippen molar-refractivity contribution in [3.05, 3.63) is 18.2 Å². The number of aromatic nitrogens is 2. The number of carbonyl (C=O) groups is 1. The van der Waals surface area contributed by atoms with Gasteiger partial charge in [-0.25, -0.2) is 4.98 Å². The van der Waals surface area contributed by atoms with Crippen LogP contribution in [0.3, 0.4) is 0 Å². The lowest BCUT2D eigenvalue weighted by Crippen LogP contribution is -2.37. The van der Waals surface area contributed by atoms with Crippen LogP contribution in [-0.4, -0.2) is 28.0 Å². The van der Waals surface area contributed by atoms with Gasteiger partial charge in [0.05, 0.1) is 6.33 Å². The fraction of sp³-hybridized carbons (Fsp3) is 0.692. The third-order valence-corrected chi connectivity index (χ3v) is 3.72. The second-order valence-electron chi connectivity index (χ2n) is 5.09. The molecule has 1 aliphatic rings. The van der Waals surface area contributed by atoms with Crippen molar-refractivity contribution in [2.45, 2.75) is 45.2 Å². The van der Waals surface area contributed by atoms with Gasteiger partial charge >= 0.3 is 0 Å². The summed E-state index contributed by atoms with van der Waals surface area (Å²) < 4.78 is 1.84. The molecule has 1 aromatic heterocycles. The highest BCUT2D eigenvalue weighted by Gasteiger charge is 2.23. The maximum absolute atomic E-state index is 12.0. The first-order valence-corrected chi connectivity index (χ1v) is 6.73. The minimum absolute atomic E-state index is 0.0785. The third kappa shape index (κ3) is 3.10. The van der Waals surface area contributed by atoms with Gasteiger partial charge in [-0.1, -0.05) is 12.8 Å². The molecule has 18 heavy (non-hydrogen) atoms. The minimum atomic E-state index is -0.0785. The molecule has 1 aliphatic carbocycles. The van der Waals surface area contributed by atoms with Gasteiger partial charge in [-0.05, 0) is 25.7 Å². The van der Waals surface area contributed by atoms with Crippen molar-refractivity contribution in [3.8, 4) is 0 Å². The second kappa shape index (κ2) is 6.00. The van der Waals surface area contributed by atoms with E-state index in [0.717, 1.165) is 0 Å². The molecule has 1 saturated carbocycles. The highest BCUT2D eigenvalue weighted by atomic mass is 16.2. The van der Waals surface area contributed by atoms with Crippen molar-refractivity contribution in [2.75, 3.05) is 6.54 Å². The Hall–Kier alpha value is -1.36. The van der Waals surface area contributed by atoms with Crippen LogP contribution in [0.15, 0.2) is 12.5 Å². The summed E-state index contributed by atoms with van der Waals surface area (Å²) >= 11 is 0. The van der Waals surface area contributed by atoms with Crippen molar-refractivity contribution in [2.24, 2.45) is 11.7 Å². The van der Waals surface area contributed by atoms with Gasteiger partial charge in [0.25, 0.3) is 5.91 Å². The van der Waals surface area contributed by atoms with Gasteiger partial charge in [-0.2, -0.15) is 0 Å². The molecule has 0 saturated heterocycles. The molecule has 1 amide bonds. The van der Waals surface area contributed by atoms with Crippen molar-refractivity contribution in [1.29, 1.82) is 0 Å². The zero-order chi connectivity index (χ0) is 13.0. The molecule has 1 atom stereocenters. The average molecular weight is 250 g/mol. The second-order valence-corrected chi connectivity index (χ2v) is 5.09. The van der Waals surface area contributed by atoms with Gasteiger partial charge in [0, 0.05) is 25.3 Å². The zero-order valence-electron chi connectivity index (χ0n) is 10.9. The first-order chi connectivity index (χ1) is 8.70. The van der Waals surface area contributed by atoms with Crippen LogP contribution in [0.5, 0.6) is 0 Å². The predicted molar refractivity (Wildman–Crippen MR) is 70.2 cm³/mol. The summed E-state index contributed by atoms with van der Waals surface area (Å²) in [6.07, 6.45) is 8.43. The van der Waals surface area contributed by atoms with Gasteiger partial charge in [0.15, 0.2) is 0 Å². The normalized spacial score (nSPS) is 17.9. The van der Waals surface area contributed by atoms with Crippen LogP contribution in [0.25, 0.3) is 0 Å². The number of imidazole rings is 1. The van der Waals surface area contributed by atoms with Crippen molar-refractivity contribution >= 4 is 5.91 Å². The summed E-state index contributed by atoms with van der Waals surface area (Å²) in [4.78, 5) is 16.1. The fourth-order valence-corrected chi connectivity index (χ4v) is 2.60. The molecule has 0 bridgehead atoms. The maximum Gasteiger partial charge on any atom is 0.271 e. The lowest BCUT2D eigenvalue weighted by molar-refractivity contribution is 0.0922. The van der Waals surface area contributed by atoms with Crippen LogP contribution < -0.4 is 11.1 Å². The van der Waals surface area contributed by atoms with Gasteiger partial charge in [0.1, 0.15) is 5.69 Å². The molecule has 1 heterocycles. The highest BCUT2D eigenvalue weighted by molar-refractivity contribution is 5.92. The van der Waals surface area contributed by atoms with Gasteiger partial charge < -0.3 is 15.6 Å².